The van der Waals surface area contributed by atoms with E-state index in [2.05, 4.69) is 5.32 Å². The topological polar surface area (TPSA) is 64.6 Å². The number of esters is 1. The number of rotatable bonds is 7. The fraction of sp³-hybridized carbons (Fsp3) is 0.263. The lowest BCUT2D eigenvalue weighted by atomic mass is 10.0. The molecule has 0 heterocycles. The van der Waals surface area contributed by atoms with Crippen molar-refractivity contribution in [1.29, 1.82) is 0 Å². The van der Waals surface area contributed by atoms with Crippen LogP contribution in [0.3, 0.4) is 0 Å². The van der Waals surface area contributed by atoms with Gasteiger partial charge in [-0.3, -0.25) is 9.59 Å². The van der Waals surface area contributed by atoms with Gasteiger partial charge in [-0.15, -0.1) is 0 Å². The zero-order chi connectivity index (χ0) is 18.2. The third-order valence-electron chi connectivity index (χ3n) is 3.74. The van der Waals surface area contributed by atoms with Crippen LogP contribution in [-0.2, 0) is 20.7 Å². The van der Waals surface area contributed by atoms with Crippen molar-refractivity contribution in [2.75, 3.05) is 14.2 Å². The highest BCUT2D eigenvalue weighted by molar-refractivity contribution is 6.31. The first-order valence-corrected chi connectivity index (χ1v) is 8.14. The van der Waals surface area contributed by atoms with E-state index < -0.39 is 12.0 Å². The molecule has 6 heteroatoms. The van der Waals surface area contributed by atoms with Gasteiger partial charge in [0, 0.05) is 5.02 Å². The summed E-state index contributed by atoms with van der Waals surface area (Å²) in [6.07, 6.45) is 0.195. The van der Waals surface area contributed by atoms with Gasteiger partial charge in [0.05, 0.1) is 33.1 Å². The summed E-state index contributed by atoms with van der Waals surface area (Å²) in [6, 6.07) is 13.8. The maximum atomic E-state index is 12.4. The van der Waals surface area contributed by atoms with Crippen LogP contribution in [0.1, 0.15) is 23.6 Å². The van der Waals surface area contributed by atoms with E-state index in [1.54, 1.807) is 43.5 Å². The molecule has 25 heavy (non-hydrogen) atoms. The number of nitrogens with one attached hydrogen (secondary N) is 1. The summed E-state index contributed by atoms with van der Waals surface area (Å²) in [7, 11) is 2.90. The number of amides is 1. The third-order valence-corrected chi connectivity index (χ3v) is 4.08. The number of ether oxygens (including phenoxy) is 2. The van der Waals surface area contributed by atoms with Gasteiger partial charge in [0.1, 0.15) is 5.75 Å². The van der Waals surface area contributed by atoms with Crippen molar-refractivity contribution in [3.05, 3.63) is 64.7 Å². The Morgan fingerprint density at radius 3 is 2.36 bits per heavy atom. The number of hydrogen-bond donors (Lipinski definition) is 1. The lowest BCUT2D eigenvalue weighted by molar-refractivity contribution is -0.141. The van der Waals surface area contributed by atoms with Crippen molar-refractivity contribution < 1.29 is 19.1 Å². The van der Waals surface area contributed by atoms with Crippen LogP contribution < -0.4 is 10.1 Å². The molecule has 1 atom stereocenters. The van der Waals surface area contributed by atoms with Gasteiger partial charge in [0.15, 0.2) is 0 Å². The van der Waals surface area contributed by atoms with Crippen molar-refractivity contribution in [3.8, 4) is 5.75 Å². The third kappa shape index (κ3) is 5.50. The molecule has 2 aromatic rings. The average Bonchev–Trinajstić information content (AvgIpc) is 2.62. The molecule has 1 amide bonds. The minimum Gasteiger partial charge on any atom is -0.497 e. The van der Waals surface area contributed by atoms with Crippen LogP contribution in [0.2, 0.25) is 5.02 Å². The number of halogens is 1. The maximum absolute atomic E-state index is 12.4. The molecule has 1 N–H and O–H groups in total. The van der Waals surface area contributed by atoms with E-state index in [1.807, 2.05) is 12.1 Å². The molecule has 2 aromatic carbocycles. The Morgan fingerprint density at radius 1 is 1.08 bits per heavy atom. The van der Waals surface area contributed by atoms with Crippen LogP contribution in [0.4, 0.5) is 0 Å². The largest absolute Gasteiger partial charge is 0.497 e. The van der Waals surface area contributed by atoms with E-state index >= 15 is 0 Å². The monoisotopic (exact) mass is 361 g/mol. The standard InChI is InChI=1S/C19H20ClNO4/c1-24-14-9-7-13(8-10-14)11-18(22)21-17(12-19(23)25-2)15-5-3-4-6-16(15)20/h3-10,17H,11-12H2,1-2H3,(H,21,22). The van der Waals surface area contributed by atoms with Gasteiger partial charge in [0.2, 0.25) is 5.91 Å². The van der Waals surface area contributed by atoms with Gasteiger partial charge in [-0.2, -0.15) is 0 Å². The molecule has 0 radical (unpaired) electrons. The molecule has 0 fully saturated rings. The molecular weight excluding hydrogens is 342 g/mol. The van der Waals surface area contributed by atoms with E-state index in [4.69, 9.17) is 21.1 Å². The number of methoxy groups -OCH3 is 2. The first-order chi connectivity index (χ1) is 12.0. The minimum absolute atomic E-state index is 0.00852. The molecule has 0 aliphatic rings. The summed E-state index contributed by atoms with van der Waals surface area (Å²) in [5.74, 6) is 0.0949. The molecule has 0 saturated heterocycles. The summed E-state index contributed by atoms with van der Waals surface area (Å²) >= 11 is 6.21. The normalized spacial score (nSPS) is 11.5. The van der Waals surface area contributed by atoms with E-state index in [0.29, 0.717) is 10.6 Å². The van der Waals surface area contributed by atoms with Gasteiger partial charge in [-0.05, 0) is 29.3 Å². The second-order valence-corrected chi connectivity index (χ2v) is 5.85. The van der Waals surface area contributed by atoms with Gasteiger partial charge in [0.25, 0.3) is 0 Å². The van der Waals surface area contributed by atoms with Gasteiger partial charge in [-0.1, -0.05) is 41.9 Å². The molecule has 0 aromatic heterocycles. The van der Waals surface area contributed by atoms with E-state index in [-0.39, 0.29) is 18.7 Å². The molecule has 5 nitrogen and oxygen atoms in total. The Bertz CT molecular complexity index is 730. The lowest BCUT2D eigenvalue weighted by Crippen LogP contribution is -2.31. The molecule has 0 saturated carbocycles. The van der Waals surface area contributed by atoms with Crippen LogP contribution in [0, 0.1) is 0 Å². The van der Waals surface area contributed by atoms with Crippen molar-refractivity contribution in [2.24, 2.45) is 0 Å². The van der Waals surface area contributed by atoms with E-state index in [0.717, 1.165) is 11.3 Å². The van der Waals surface area contributed by atoms with Crippen molar-refractivity contribution in [2.45, 2.75) is 18.9 Å². The number of benzene rings is 2. The van der Waals surface area contributed by atoms with Crippen LogP contribution >= 0.6 is 11.6 Å². The fourth-order valence-electron chi connectivity index (χ4n) is 2.42. The molecule has 0 aliphatic heterocycles. The summed E-state index contributed by atoms with van der Waals surface area (Å²) in [5, 5.41) is 3.35. The smallest absolute Gasteiger partial charge is 0.307 e. The first-order valence-electron chi connectivity index (χ1n) is 7.77. The molecule has 0 spiro atoms. The highest BCUT2D eigenvalue weighted by Crippen LogP contribution is 2.25. The van der Waals surface area contributed by atoms with E-state index in [9.17, 15) is 9.59 Å². The summed E-state index contributed by atoms with van der Waals surface area (Å²) in [6.45, 7) is 0. The first kappa shape index (κ1) is 18.8. The highest BCUT2D eigenvalue weighted by Gasteiger charge is 2.21. The van der Waals surface area contributed by atoms with Crippen molar-refractivity contribution in [3.63, 3.8) is 0 Å². The summed E-state index contributed by atoms with van der Waals surface area (Å²) in [4.78, 5) is 24.1. The summed E-state index contributed by atoms with van der Waals surface area (Å²) < 4.78 is 9.82. The number of carbonyl (C=O) groups is 2. The average molecular weight is 362 g/mol. The Kier molecular flexibility index (Phi) is 6.83. The number of carbonyl (C=O) groups excluding carboxylic acids is 2. The SMILES string of the molecule is COC(=O)CC(NC(=O)Cc1ccc(OC)cc1)c1ccccc1Cl. The predicted molar refractivity (Wildman–Crippen MR) is 95.7 cm³/mol. The number of hydrogen-bond acceptors (Lipinski definition) is 4. The van der Waals surface area contributed by atoms with Crippen LogP contribution in [0.15, 0.2) is 48.5 Å². The molecule has 132 valence electrons. The van der Waals surface area contributed by atoms with Crippen LogP contribution in [-0.4, -0.2) is 26.1 Å². The van der Waals surface area contributed by atoms with Crippen LogP contribution in [0.5, 0.6) is 5.75 Å². The molecule has 2 rings (SSSR count). The van der Waals surface area contributed by atoms with E-state index in [1.165, 1.54) is 7.11 Å². The quantitative estimate of drug-likeness (QED) is 0.768. The molecule has 0 bridgehead atoms. The highest BCUT2D eigenvalue weighted by atomic mass is 35.5. The Morgan fingerprint density at radius 2 is 1.76 bits per heavy atom. The van der Waals surface area contributed by atoms with Crippen molar-refractivity contribution >= 4 is 23.5 Å². The Hall–Kier alpha value is -2.53. The minimum atomic E-state index is -0.549. The second-order valence-electron chi connectivity index (χ2n) is 5.45. The maximum Gasteiger partial charge on any atom is 0.307 e. The Labute approximate surface area is 151 Å². The summed E-state index contributed by atoms with van der Waals surface area (Å²) in [5.41, 5.74) is 1.52. The van der Waals surface area contributed by atoms with Crippen LogP contribution in [0.25, 0.3) is 0 Å². The zero-order valence-electron chi connectivity index (χ0n) is 14.1. The Balaban J connectivity index is 2.10. The molecular formula is C19H20ClNO4. The second kappa shape index (κ2) is 9.08. The van der Waals surface area contributed by atoms with Gasteiger partial charge >= 0.3 is 5.97 Å². The zero-order valence-corrected chi connectivity index (χ0v) is 14.9. The fourth-order valence-corrected chi connectivity index (χ4v) is 2.69. The molecule has 0 aliphatic carbocycles. The lowest BCUT2D eigenvalue weighted by Gasteiger charge is -2.19. The van der Waals surface area contributed by atoms with Crippen molar-refractivity contribution in [1.82, 2.24) is 5.32 Å². The predicted octanol–water partition coefficient (Wildman–Crippen LogP) is 3.31. The molecule has 1 unspecified atom stereocenters. The van der Waals surface area contributed by atoms with Gasteiger partial charge in [-0.25, -0.2) is 0 Å². The van der Waals surface area contributed by atoms with Gasteiger partial charge < -0.3 is 14.8 Å².